The van der Waals surface area contributed by atoms with E-state index < -0.39 is 0 Å². The van der Waals surface area contributed by atoms with Crippen LogP contribution in [0.15, 0.2) is 59.8 Å². The molecule has 0 bridgehead atoms. The highest BCUT2D eigenvalue weighted by Gasteiger charge is 2.31. The quantitative estimate of drug-likeness (QED) is 0.623. The molecule has 4 nitrogen and oxygen atoms in total. The Hall–Kier alpha value is -2.27. The first-order valence-corrected chi connectivity index (χ1v) is 9.10. The van der Waals surface area contributed by atoms with Crippen molar-refractivity contribution < 1.29 is 4.74 Å². The van der Waals surface area contributed by atoms with Gasteiger partial charge in [0.05, 0.1) is 7.11 Å². The molecule has 0 saturated heterocycles. The van der Waals surface area contributed by atoms with Crippen LogP contribution in [0.3, 0.4) is 0 Å². The number of nitrogens with zero attached hydrogens (tertiary/aromatic N) is 3. The van der Waals surface area contributed by atoms with Crippen molar-refractivity contribution in [2.75, 3.05) is 7.11 Å². The van der Waals surface area contributed by atoms with E-state index in [1.165, 1.54) is 18.4 Å². The predicted octanol–water partition coefficient (Wildman–Crippen LogP) is 4.45. The summed E-state index contributed by atoms with van der Waals surface area (Å²) >= 11 is 1.73. The molecule has 0 amide bonds. The maximum absolute atomic E-state index is 5.27. The first-order valence-electron chi connectivity index (χ1n) is 8.11. The van der Waals surface area contributed by atoms with Crippen LogP contribution >= 0.6 is 11.8 Å². The Labute approximate surface area is 145 Å². The Balaban J connectivity index is 1.64. The second kappa shape index (κ2) is 6.69. The lowest BCUT2D eigenvalue weighted by Crippen LogP contribution is -2.02. The second-order valence-corrected chi connectivity index (χ2v) is 6.87. The van der Waals surface area contributed by atoms with Crippen molar-refractivity contribution in [3.63, 3.8) is 0 Å². The highest BCUT2D eigenvalue weighted by molar-refractivity contribution is 7.98. The van der Waals surface area contributed by atoms with Gasteiger partial charge in [-0.3, -0.25) is 4.57 Å². The van der Waals surface area contributed by atoms with Crippen LogP contribution in [0, 0.1) is 0 Å². The number of methoxy groups -OCH3 is 1. The van der Waals surface area contributed by atoms with Gasteiger partial charge in [0.25, 0.3) is 0 Å². The lowest BCUT2D eigenvalue weighted by molar-refractivity contribution is 0.414. The minimum absolute atomic E-state index is 0.547. The monoisotopic (exact) mass is 337 g/mol. The number of aromatic nitrogens is 3. The summed E-state index contributed by atoms with van der Waals surface area (Å²) in [4.78, 5) is 0. The van der Waals surface area contributed by atoms with Gasteiger partial charge in [-0.05, 0) is 42.7 Å². The van der Waals surface area contributed by atoms with Crippen molar-refractivity contribution in [1.82, 2.24) is 14.8 Å². The molecule has 1 fully saturated rings. The van der Waals surface area contributed by atoms with E-state index in [0.717, 1.165) is 28.2 Å². The van der Waals surface area contributed by atoms with Gasteiger partial charge in [0.2, 0.25) is 0 Å². The molecule has 2 aromatic carbocycles. The van der Waals surface area contributed by atoms with Crippen molar-refractivity contribution in [2.45, 2.75) is 29.7 Å². The van der Waals surface area contributed by atoms with Gasteiger partial charge in [0.1, 0.15) is 11.6 Å². The topological polar surface area (TPSA) is 39.9 Å². The van der Waals surface area contributed by atoms with Crippen molar-refractivity contribution in [3.05, 3.63) is 66.0 Å². The lowest BCUT2D eigenvalue weighted by atomic mass is 10.2. The van der Waals surface area contributed by atoms with Crippen LogP contribution in [0.5, 0.6) is 5.75 Å². The van der Waals surface area contributed by atoms with E-state index in [2.05, 4.69) is 51.2 Å². The van der Waals surface area contributed by atoms with Gasteiger partial charge in [0.15, 0.2) is 5.16 Å². The van der Waals surface area contributed by atoms with Gasteiger partial charge in [-0.1, -0.05) is 42.1 Å². The molecule has 1 aliphatic carbocycles. The number of thioether (sulfide) groups is 1. The summed E-state index contributed by atoms with van der Waals surface area (Å²) in [6.45, 7) is 0. The third kappa shape index (κ3) is 3.17. The minimum Gasteiger partial charge on any atom is -0.497 e. The SMILES string of the molecule is COc1ccc(-n2c(SCc3ccccc3)nnc2C2CC2)cc1. The molecule has 1 aliphatic rings. The van der Waals surface area contributed by atoms with Crippen molar-refractivity contribution >= 4 is 11.8 Å². The van der Waals surface area contributed by atoms with E-state index in [0.29, 0.717) is 5.92 Å². The zero-order chi connectivity index (χ0) is 16.4. The molecule has 0 atom stereocenters. The summed E-state index contributed by atoms with van der Waals surface area (Å²) in [5, 5.41) is 9.88. The molecule has 5 heteroatoms. The maximum atomic E-state index is 5.27. The third-order valence-corrected chi connectivity index (χ3v) is 5.14. The summed E-state index contributed by atoms with van der Waals surface area (Å²) in [7, 11) is 1.69. The molecular formula is C19H19N3OS. The molecule has 0 radical (unpaired) electrons. The molecular weight excluding hydrogens is 318 g/mol. The molecule has 0 aliphatic heterocycles. The minimum atomic E-state index is 0.547. The standard InChI is InChI=1S/C19H19N3OS/c1-23-17-11-9-16(10-12-17)22-18(15-7-8-15)20-21-19(22)24-13-14-5-3-2-4-6-14/h2-6,9-12,15H,7-8,13H2,1H3. The van der Waals surface area contributed by atoms with Crippen LogP contribution in [-0.2, 0) is 5.75 Å². The molecule has 1 saturated carbocycles. The Morgan fingerprint density at radius 1 is 1.04 bits per heavy atom. The van der Waals surface area contributed by atoms with Gasteiger partial charge in [-0.15, -0.1) is 10.2 Å². The predicted molar refractivity (Wildman–Crippen MR) is 95.9 cm³/mol. The Bertz CT molecular complexity index is 810. The molecule has 1 heterocycles. The van der Waals surface area contributed by atoms with Gasteiger partial charge >= 0.3 is 0 Å². The van der Waals surface area contributed by atoms with E-state index in [-0.39, 0.29) is 0 Å². The lowest BCUT2D eigenvalue weighted by Gasteiger charge is -2.10. The third-order valence-electron chi connectivity index (χ3n) is 4.14. The zero-order valence-corrected chi connectivity index (χ0v) is 14.4. The van der Waals surface area contributed by atoms with Crippen LogP contribution in [0.2, 0.25) is 0 Å². The van der Waals surface area contributed by atoms with Gasteiger partial charge in [-0.25, -0.2) is 0 Å². The largest absolute Gasteiger partial charge is 0.497 e. The van der Waals surface area contributed by atoms with E-state index in [1.807, 2.05) is 18.2 Å². The molecule has 0 N–H and O–H groups in total. The van der Waals surface area contributed by atoms with Crippen LogP contribution in [0.4, 0.5) is 0 Å². The molecule has 122 valence electrons. The van der Waals surface area contributed by atoms with Crippen molar-refractivity contribution in [2.24, 2.45) is 0 Å². The van der Waals surface area contributed by atoms with Gasteiger partial charge in [0, 0.05) is 17.4 Å². The van der Waals surface area contributed by atoms with Gasteiger partial charge in [-0.2, -0.15) is 0 Å². The molecule has 4 rings (SSSR count). The Morgan fingerprint density at radius 3 is 2.46 bits per heavy atom. The average molecular weight is 337 g/mol. The summed E-state index contributed by atoms with van der Waals surface area (Å²) < 4.78 is 7.47. The van der Waals surface area contributed by atoms with Crippen LogP contribution in [0.1, 0.15) is 30.1 Å². The fraction of sp³-hybridized carbons (Fsp3) is 0.263. The van der Waals surface area contributed by atoms with Crippen molar-refractivity contribution in [1.29, 1.82) is 0 Å². The van der Waals surface area contributed by atoms with Crippen molar-refractivity contribution in [3.8, 4) is 11.4 Å². The van der Waals surface area contributed by atoms with Crippen LogP contribution in [0.25, 0.3) is 5.69 Å². The first kappa shape index (κ1) is 15.3. The molecule has 0 unspecified atom stereocenters. The van der Waals surface area contributed by atoms with Gasteiger partial charge < -0.3 is 4.74 Å². The average Bonchev–Trinajstić information content (AvgIpc) is 3.40. The fourth-order valence-corrected chi connectivity index (χ4v) is 3.59. The number of benzene rings is 2. The smallest absolute Gasteiger partial charge is 0.196 e. The van der Waals surface area contributed by atoms with E-state index >= 15 is 0 Å². The zero-order valence-electron chi connectivity index (χ0n) is 13.6. The van der Waals surface area contributed by atoms with E-state index in [9.17, 15) is 0 Å². The summed E-state index contributed by atoms with van der Waals surface area (Å²) in [6, 6.07) is 18.6. The molecule has 24 heavy (non-hydrogen) atoms. The number of hydrogen-bond donors (Lipinski definition) is 0. The maximum Gasteiger partial charge on any atom is 0.196 e. The fourth-order valence-electron chi connectivity index (χ4n) is 2.68. The van der Waals surface area contributed by atoms with E-state index in [1.54, 1.807) is 18.9 Å². The second-order valence-electron chi connectivity index (χ2n) is 5.92. The van der Waals surface area contributed by atoms with E-state index in [4.69, 9.17) is 4.74 Å². The normalized spacial score (nSPS) is 13.9. The Kier molecular flexibility index (Phi) is 4.26. The molecule has 1 aromatic heterocycles. The highest BCUT2D eigenvalue weighted by Crippen LogP contribution is 2.41. The highest BCUT2D eigenvalue weighted by atomic mass is 32.2. The summed E-state index contributed by atoms with van der Waals surface area (Å²) in [5.74, 6) is 3.37. The van der Waals surface area contributed by atoms with Crippen LogP contribution in [-0.4, -0.2) is 21.9 Å². The molecule has 0 spiro atoms. The number of rotatable bonds is 6. The molecule has 3 aromatic rings. The number of hydrogen-bond acceptors (Lipinski definition) is 4. The van der Waals surface area contributed by atoms with Crippen LogP contribution < -0.4 is 4.74 Å². The summed E-state index contributed by atoms with van der Waals surface area (Å²) in [6.07, 6.45) is 2.41. The number of ether oxygens (including phenoxy) is 1. The first-order chi connectivity index (χ1) is 11.8. The Morgan fingerprint density at radius 2 is 1.79 bits per heavy atom. The summed E-state index contributed by atoms with van der Waals surface area (Å²) in [5.41, 5.74) is 2.39.